The van der Waals surface area contributed by atoms with E-state index < -0.39 is 5.91 Å². The number of anilines is 1. The molecule has 0 radical (unpaired) electrons. The van der Waals surface area contributed by atoms with E-state index >= 15 is 0 Å². The maximum absolute atomic E-state index is 11.0. The van der Waals surface area contributed by atoms with Gasteiger partial charge in [-0.1, -0.05) is 12.8 Å². The number of carbonyl (C=O) groups excluding carboxylic acids is 1. The number of hydrogen-bond donors (Lipinski definition) is 1. The van der Waals surface area contributed by atoms with Crippen molar-refractivity contribution in [3.05, 3.63) is 18.1 Å². The predicted molar refractivity (Wildman–Crippen MR) is 61.2 cm³/mol. The Morgan fingerprint density at radius 1 is 1.19 bits per heavy atom. The van der Waals surface area contributed by atoms with Crippen LogP contribution in [0.15, 0.2) is 12.4 Å². The zero-order valence-corrected chi connectivity index (χ0v) is 9.22. The van der Waals surface area contributed by atoms with Crippen LogP contribution in [0.5, 0.6) is 0 Å². The fourth-order valence-electron chi connectivity index (χ4n) is 1.93. The largest absolute Gasteiger partial charge is 0.364 e. The van der Waals surface area contributed by atoms with Crippen molar-refractivity contribution in [3.8, 4) is 0 Å². The number of aromatic nitrogens is 2. The molecular weight excluding hydrogens is 204 g/mol. The van der Waals surface area contributed by atoms with E-state index in [1.165, 1.54) is 31.9 Å². The molecule has 1 aromatic heterocycles. The van der Waals surface area contributed by atoms with Gasteiger partial charge < -0.3 is 10.6 Å². The molecule has 0 aliphatic carbocycles. The molecule has 86 valence electrons. The number of rotatable bonds is 2. The highest BCUT2D eigenvalue weighted by Gasteiger charge is 2.12. The summed E-state index contributed by atoms with van der Waals surface area (Å²) in [6, 6.07) is 0. The number of hydrogen-bond acceptors (Lipinski definition) is 4. The van der Waals surface area contributed by atoms with E-state index in [0.717, 1.165) is 18.9 Å². The molecule has 1 aliphatic heterocycles. The van der Waals surface area contributed by atoms with Gasteiger partial charge in [-0.25, -0.2) is 4.98 Å². The third-order valence-electron chi connectivity index (χ3n) is 2.80. The highest BCUT2D eigenvalue weighted by molar-refractivity contribution is 5.90. The van der Waals surface area contributed by atoms with Gasteiger partial charge in [0.25, 0.3) is 5.91 Å². The maximum atomic E-state index is 11.0. The second-order valence-corrected chi connectivity index (χ2v) is 4.03. The lowest BCUT2D eigenvalue weighted by molar-refractivity contribution is 0.0995. The molecule has 0 aromatic carbocycles. The number of carbonyl (C=O) groups is 1. The molecule has 1 fully saturated rings. The van der Waals surface area contributed by atoms with Crippen molar-refractivity contribution < 1.29 is 4.79 Å². The zero-order chi connectivity index (χ0) is 11.4. The van der Waals surface area contributed by atoms with Gasteiger partial charge in [0.15, 0.2) is 0 Å². The number of amides is 1. The minimum atomic E-state index is -0.524. The first-order chi connectivity index (χ1) is 7.77. The number of nitrogens with two attached hydrogens (primary N) is 1. The van der Waals surface area contributed by atoms with Crippen LogP contribution in [0.1, 0.15) is 36.2 Å². The molecule has 0 atom stereocenters. The molecule has 0 unspecified atom stereocenters. The Bertz CT molecular complexity index is 372. The van der Waals surface area contributed by atoms with E-state index in [2.05, 4.69) is 14.9 Å². The van der Waals surface area contributed by atoms with Gasteiger partial charge in [0.1, 0.15) is 11.5 Å². The topological polar surface area (TPSA) is 72.1 Å². The quantitative estimate of drug-likeness (QED) is 0.805. The van der Waals surface area contributed by atoms with Crippen molar-refractivity contribution >= 4 is 11.7 Å². The van der Waals surface area contributed by atoms with Crippen molar-refractivity contribution in [1.29, 1.82) is 0 Å². The average Bonchev–Trinajstić information content (AvgIpc) is 2.57. The molecule has 5 nitrogen and oxygen atoms in total. The van der Waals surface area contributed by atoms with Crippen LogP contribution >= 0.6 is 0 Å². The summed E-state index contributed by atoms with van der Waals surface area (Å²) in [7, 11) is 0. The highest BCUT2D eigenvalue weighted by atomic mass is 16.1. The van der Waals surface area contributed by atoms with E-state index in [0.29, 0.717) is 0 Å². The minimum Gasteiger partial charge on any atom is -0.364 e. The van der Waals surface area contributed by atoms with Crippen molar-refractivity contribution in [2.45, 2.75) is 25.7 Å². The van der Waals surface area contributed by atoms with Crippen molar-refractivity contribution in [3.63, 3.8) is 0 Å². The van der Waals surface area contributed by atoms with E-state index in [4.69, 9.17) is 5.73 Å². The maximum Gasteiger partial charge on any atom is 0.268 e. The van der Waals surface area contributed by atoms with Crippen LogP contribution in [0, 0.1) is 0 Å². The van der Waals surface area contributed by atoms with E-state index in [1.807, 2.05) is 0 Å². The number of primary amides is 1. The standard InChI is InChI=1S/C11H16N4O/c12-11(16)9-7-13-8-10(14-9)15-5-3-1-2-4-6-15/h7-8H,1-6H2,(H2,12,16). The van der Waals surface area contributed by atoms with Crippen LogP contribution < -0.4 is 10.6 Å². The molecule has 2 rings (SSSR count). The lowest BCUT2D eigenvalue weighted by Gasteiger charge is -2.20. The van der Waals surface area contributed by atoms with Gasteiger partial charge in [0.2, 0.25) is 0 Å². The highest BCUT2D eigenvalue weighted by Crippen LogP contribution is 2.16. The Kier molecular flexibility index (Phi) is 3.34. The fraction of sp³-hybridized carbons (Fsp3) is 0.545. The predicted octanol–water partition coefficient (Wildman–Crippen LogP) is 0.956. The Morgan fingerprint density at radius 3 is 2.50 bits per heavy atom. The zero-order valence-electron chi connectivity index (χ0n) is 9.22. The van der Waals surface area contributed by atoms with Crippen molar-refractivity contribution in [2.24, 2.45) is 5.73 Å². The molecule has 2 N–H and O–H groups in total. The first kappa shape index (κ1) is 10.9. The average molecular weight is 220 g/mol. The van der Waals surface area contributed by atoms with Crippen LogP contribution in [0.25, 0.3) is 0 Å². The SMILES string of the molecule is NC(=O)c1cncc(N2CCCCCC2)n1. The third kappa shape index (κ3) is 2.48. The normalized spacial score (nSPS) is 16.9. The summed E-state index contributed by atoms with van der Waals surface area (Å²) in [5, 5.41) is 0. The number of nitrogens with zero attached hydrogens (tertiary/aromatic N) is 3. The first-order valence-electron chi connectivity index (χ1n) is 5.64. The summed E-state index contributed by atoms with van der Waals surface area (Å²) in [6.07, 6.45) is 7.96. The Morgan fingerprint density at radius 2 is 1.88 bits per heavy atom. The summed E-state index contributed by atoms with van der Waals surface area (Å²) in [5.74, 6) is 0.238. The molecule has 0 bridgehead atoms. The molecule has 2 heterocycles. The summed E-state index contributed by atoms with van der Waals surface area (Å²) in [4.78, 5) is 21.4. The summed E-state index contributed by atoms with van der Waals surface area (Å²) < 4.78 is 0. The minimum absolute atomic E-state index is 0.238. The molecular formula is C11H16N4O. The van der Waals surface area contributed by atoms with Crippen LogP contribution in [-0.4, -0.2) is 29.0 Å². The van der Waals surface area contributed by atoms with Gasteiger partial charge >= 0.3 is 0 Å². The summed E-state index contributed by atoms with van der Waals surface area (Å²) >= 11 is 0. The Hall–Kier alpha value is -1.65. The van der Waals surface area contributed by atoms with Gasteiger partial charge in [-0.3, -0.25) is 9.78 Å². The van der Waals surface area contributed by atoms with Crippen molar-refractivity contribution in [1.82, 2.24) is 9.97 Å². The fourth-order valence-corrected chi connectivity index (χ4v) is 1.93. The monoisotopic (exact) mass is 220 g/mol. The molecule has 0 spiro atoms. The molecule has 5 heteroatoms. The van der Waals surface area contributed by atoms with Gasteiger partial charge in [0, 0.05) is 13.1 Å². The van der Waals surface area contributed by atoms with Crippen LogP contribution in [0.2, 0.25) is 0 Å². The Labute approximate surface area is 94.7 Å². The lowest BCUT2D eigenvalue weighted by atomic mass is 10.2. The van der Waals surface area contributed by atoms with Crippen LogP contribution in [0.3, 0.4) is 0 Å². The van der Waals surface area contributed by atoms with Crippen LogP contribution in [0.4, 0.5) is 5.82 Å². The van der Waals surface area contributed by atoms with Crippen molar-refractivity contribution in [2.75, 3.05) is 18.0 Å². The molecule has 16 heavy (non-hydrogen) atoms. The molecule has 0 saturated carbocycles. The molecule has 1 saturated heterocycles. The lowest BCUT2D eigenvalue weighted by Crippen LogP contribution is -2.26. The second kappa shape index (κ2) is 4.92. The first-order valence-corrected chi connectivity index (χ1v) is 5.64. The van der Waals surface area contributed by atoms with Gasteiger partial charge in [-0.05, 0) is 12.8 Å². The smallest absolute Gasteiger partial charge is 0.268 e. The van der Waals surface area contributed by atoms with Crippen LogP contribution in [-0.2, 0) is 0 Å². The van der Waals surface area contributed by atoms with Gasteiger partial charge in [-0.15, -0.1) is 0 Å². The molecule has 1 aromatic rings. The van der Waals surface area contributed by atoms with E-state index in [1.54, 1.807) is 6.20 Å². The summed E-state index contributed by atoms with van der Waals surface area (Å²) in [6.45, 7) is 1.97. The Balaban J connectivity index is 2.18. The summed E-state index contributed by atoms with van der Waals surface area (Å²) in [5.41, 5.74) is 5.42. The van der Waals surface area contributed by atoms with E-state index in [9.17, 15) is 4.79 Å². The van der Waals surface area contributed by atoms with Gasteiger partial charge in [0.05, 0.1) is 12.4 Å². The molecule has 1 amide bonds. The second-order valence-electron chi connectivity index (χ2n) is 4.03. The third-order valence-corrected chi connectivity index (χ3v) is 2.80. The van der Waals surface area contributed by atoms with E-state index in [-0.39, 0.29) is 5.69 Å². The van der Waals surface area contributed by atoms with Gasteiger partial charge in [-0.2, -0.15) is 0 Å². The molecule has 1 aliphatic rings.